The zero-order valence-corrected chi connectivity index (χ0v) is 16.2. The molecular weight excluding hydrogens is 346 g/mol. The van der Waals surface area contributed by atoms with Crippen molar-refractivity contribution in [1.29, 1.82) is 0 Å². The van der Waals surface area contributed by atoms with E-state index in [2.05, 4.69) is 39.8 Å². The number of hydrogen-bond donors (Lipinski definition) is 0. The maximum atomic E-state index is 6.05. The average Bonchev–Trinajstić information content (AvgIpc) is 2.98. The van der Waals surface area contributed by atoms with E-state index in [1.54, 1.807) is 13.3 Å². The Hall–Kier alpha value is -2.59. The highest BCUT2D eigenvalue weighted by atomic mass is 35.5. The van der Waals surface area contributed by atoms with Crippen molar-refractivity contribution in [3.8, 4) is 5.88 Å². The van der Waals surface area contributed by atoms with Crippen molar-refractivity contribution >= 4 is 33.4 Å². The third-order valence-electron chi connectivity index (χ3n) is 4.22. The SMILES string of the molecule is CC.COc1cc2c(C)cn(Cc3ccc4ncc(Cl)cc4c3)c2cn1. The molecule has 0 spiro atoms. The fourth-order valence-corrected chi connectivity index (χ4v) is 3.20. The number of fused-ring (bicyclic) bond motifs is 2. The van der Waals surface area contributed by atoms with Crippen molar-refractivity contribution < 1.29 is 4.74 Å². The highest BCUT2D eigenvalue weighted by Crippen LogP contribution is 2.25. The van der Waals surface area contributed by atoms with Crippen molar-refractivity contribution in [2.45, 2.75) is 27.3 Å². The van der Waals surface area contributed by atoms with Gasteiger partial charge in [0.25, 0.3) is 0 Å². The maximum absolute atomic E-state index is 6.05. The van der Waals surface area contributed by atoms with E-state index in [1.165, 1.54) is 11.1 Å². The Morgan fingerprint density at radius 3 is 2.65 bits per heavy atom. The van der Waals surface area contributed by atoms with E-state index in [4.69, 9.17) is 16.3 Å². The Kier molecular flexibility index (Phi) is 5.43. The van der Waals surface area contributed by atoms with E-state index in [9.17, 15) is 0 Å². The van der Waals surface area contributed by atoms with E-state index in [0.717, 1.165) is 28.4 Å². The lowest BCUT2D eigenvalue weighted by molar-refractivity contribution is 0.398. The normalized spacial score (nSPS) is 10.7. The minimum Gasteiger partial charge on any atom is -0.481 e. The Labute approximate surface area is 158 Å². The molecule has 5 heteroatoms. The highest BCUT2D eigenvalue weighted by molar-refractivity contribution is 6.31. The van der Waals surface area contributed by atoms with Gasteiger partial charge in [-0.15, -0.1) is 0 Å². The second kappa shape index (κ2) is 7.75. The van der Waals surface area contributed by atoms with E-state index in [-0.39, 0.29) is 0 Å². The smallest absolute Gasteiger partial charge is 0.213 e. The number of benzene rings is 1. The van der Waals surface area contributed by atoms with Crippen molar-refractivity contribution in [1.82, 2.24) is 14.5 Å². The van der Waals surface area contributed by atoms with Crippen molar-refractivity contribution in [2.24, 2.45) is 0 Å². The molecule has 0 bridgehead atoms. The van der Waals surface area contributed by atoms with Gasteiger partial charge in [0.2, 0.25) is 5.88 Å². The molecule has 0 unspecified atom stereocenters. The van der Waals surface area contributed by atoms with Crippen LogP contribution in [0.3, 0.4) is 0 Å². The molecule has 4 rings (SSSR count). The second-order valence-electron chi connectivity index (χ2n) is 5.86. The van der Waals surface area contributed by atoms with Crippen LogP contribution in [0.15, 0.2) is 48.9 Å². The lowest BCUT2D eigenvalue weighted by Gasteiger charge is -2.07. The molecule has 0 N–H and O–H groups in total. The van der Waals surface area contributed by atoms with Crippen LogP contribution < -0.4 is 4.74 Å². The van der Waals surface area contributed by atoms with Gasteiger partial charge in [-0.25, -0.2) is 4.98 Å². The molecule has 26 heavy (non-hydrogen) atoms. The summed E-state index contributed by atoms with van der Waals surface area (Å²) in [5.41, 5.74) is 4.44. The topological polar surface area (TPSA) is 39.9 Å². The first-order chi connectivity index (χ1) is 12.6. The van der Waals surface area contributed by atoms with E-state index >= 15 is 0 Å². The van der Waals surface area contributed by atoms with E-state index in [1.807, 2.05) is 38.2 Å². The highest BCUT2D eigenvalue weighted by Gasteiger charge is 2.09. The van der Waals surface area contributed by atoms with Crippen molar-refractivity contribution in [3.05, 3.63) is 65.1 Å². The van der Waals surface area contributed by atoms with Crippen LogP contribution in [0, 0.1) is 6.92 Å². The first-order valence-electron chi connectivity index (χ1n) is 8.68. The van der Waals surface area contributed by atoms with Gasteiger partial charge in [0.1, 0.15) is 0 Å². The van der Waals surface area contributed by atoms with Crippen molar-refractivity contribution in [3.63, 3.8) is 0 Å². The molecular formula is C21H22ClN3O. The van der Waals surface area contributed by atoms with E-state index in [0.29, 0.717) is 10.9 Å². The number of nitrogens with zero attached hydrogens (tertiary/aromatic N) is 3. The van der Waals surface area contributed by atoms with Gasteiger partial charge >= 0.3 is 0 Å². The Morgan fingerprint density at radius 2 is 1.88 bits per heavy atom. The number of halogens is 1. The summed E-state index contributed by atoms with van der Waals surface area (Å²) in [6.07, 6.45) is 5.68. The fourth-order valence-electron chi connectivity index (χ4n) is 3.04. The third-order valence-corrected chi connectivity index (χ3v) is 4.42. The van der Waals surface area contributed by atoms with Crippen LogP contribution in [0.25, 0.3) is 21.8 Å². The molecule has 0 fully saturated rings. The predicted molar refractivity (Wildman–Crippen MR) is 108 cm³/mol. The zero-order valence-electron chi connectivity index (χ0n) is 15.5. The Morgan fingerprint density at radius 1 is 1.08 bits per heavy atom. The number of aromatic nitrogens is 3. The zero-order chi connectivity index (χ0) is 18.7. The molecule has 4 nitrogen and oxygen atoms in total. The molecule has 0 saturated carbocycles. The molecule has 0 atom stereocenters. The van der Waals surface area contributed by atoms with E-state index < -0.39 is 0 Å². The molecule has 0 amide bonds. The van der Waals surface area contributed by atoms with Gasteiger partial charge in [0, 0.05) is 35.8 Å². The van der Waals surface area contributed by atoms with Crippen LogP contribution in [-0.2, 0) is 6.54 Å². The summed E-state index contributed by atoms with van der Waals surface area (Å²) in [6.45, 7) is 6.86. The first kappa shape index (κ1) is 18.2. The predicted octanol–water partition coefficient (Wildman–Crippen LogP) is 5.63. The van der Waals surface area contributed by atoms with Gasteiger partial charge in [0.15, 0.2) is 0 Å². The molecule has 0 radical (unpaired) electrons. The molecule has 134 valence electrons. The largest absolute Gasteiger partial charge is 0.481 e. The Balaban J connectivity index is 0.000000948. The van der Waals surface area contributed by atoms with Gasteiger partial charge in [-0.3, -0.25) is 4.98 Å². The molecule has 0 aliphatic rings. The summed E-state index contributed by atoms with van der Waals surface area (Å²) in [7, 11) is 1.63. The summed E-state index contributed by atoms with van der Waals surface area (Å²) >= 11 is 6.05. The first-order valence-corrected chi connectivity index (χ1v) is 9.05. The van der Waals surface area contributed by atoms with Crippen molar-refractivity contribution in [2.75, 3.05) is 7.11 Å². The molecule has 0 aliphatic heterocycles. The number of methoxy groups -OCH3 is 1. The summed E-state index contributed by atoms with van der Waals surface area (Å²) in [5, 5.41) is 2.86. The van der Waals surface area contributed by atoms with Crippen LogP contribution in [0.2, 0.25) is 5.02 Å². The summed E-state index contributed by atoms with van der Waals surface area (Å²) in [5.74, 6) is 0.634. The van der Waals surface area contributed by atoms with Crippen LogP contribution in [-0.4, -0.2) is 21.6 Å². The monoisotopic (exact) mass is 367 g/mol. The fraction of sp³-hybridized carbons (Fsp3) is 0.238. The molecule has 3 heterocycles. The number of rotatable bonds is 3. The van der Waals surface area contributed by atoms with Gasteiger partial charge in [-0.05, 0) is 36.2 Å². The minimum atomic E-state index is 0.634. The molecule has 0 aliphatic carbocycles. The van der Waals surface area contributed by atoms with Crippen LogP contribution in [0.1, 0.15) is 25.0 Å². The van der Waals surface area contributed by atoms with Crippen LogP contribution >= 0.6 is 11.6 Å². The Bertz CT molecular complexity index is 1060. The second-order valence-corrected chi connectivity index (χ2v) is 6.30. The summed E-state index contributed by atoms with van der Waals surface area (Å²) in [6, 6.07) is 10.2. The molecule has 3 aromatic heterocycles. The number of pyridine rings is 2. The number of hydrogen-bond acceptors (Lipinski definition) is 3. The molecule has 4 aromatic rings. The van der Waals surface area contributed by atoms with Crippen LogP contribution in [0.5, 0.6) is 5.88 Å². The van der Waals surface area contributed by atoms with Gasteiger partial charge in [0.05, 0.1) is 29.4 Å². The minimum absolute atomic E-state index is 0.634. The van der Waals surface area contributed by atoms with Crippen LogP contribution in [0.4, 0.5) is 0 Å². The molecule has 0 saturated heterocycles. The average molecular weight is 368 g/mol. The maximum Gasteiger partial charge on any atom is 0.213 e. The summed E-state index contributed by atoms with van der Waals surface area (Å²) in [4.78, 5) is 8.67. The standard InChI is InChI=1S/C19H16ClN3O.C2H6/c1-12-10-23(18-9-22-19(24-2)7-16(12)18)11-13-3-4-17-14(5-13)6-15(20)8-21-17;1-2/h3-10H,11H2,1-2H3;1-2H3. The van der Waals surface area contributed by atoms with Gasteiger partial charge in [-0.1, -0.05) is 31.5 Å². The number of aryl methyl sites for hydroxylation is 1. The van der Waals surface area contributed by atoms with Gasteiger partial charge < -0.3 is 9.30 Å². The lowest BCUT2D eigenvalue weighted by Crippen LogP contribution is -1.98. The quantitative estimate of drug-likeness (QED) is 0.471. The number of ether oxygens (including phenoxy) is 1. The van der Waals surface area contributed by atoms with Gasteiger partial charge in [-0.2, -0.15) is 0 Å². The lowest BCUT2D eigenvalue weighted by atomic mass is 10.1. The third kappa shape index (κ3) is 3.51. The summed E-state index contributed by atoms with van der Waals surface area (Å²) < 4.78 is 7.43. The molecule has 1 aromatic carbocycles.